The second-order valence-corrected chi connectivity index (χ2v) is 16.2. The molecule has 0 spiro atoms. The molecule has 1 unspecified atom stereocenters. The first-order valence-corrected chi connectivity index (χ1v) is 23.6. The molecule has 0 aromatic rings. The molecule has 0 aliphatic heterocycles. The van der Waals surface area contributed by atoms with E-state index in [0.717, 1.165) is 32.1 Å². The minimum atomic E-state index is -0.762. The van der Waals surface area contributed by atoms with Crippen LogP contribution in [0.15, 0.2) is 0 Å². The Morgan fingerprint density at radius 2 is 0.596 bits per heavy atom. The standard InChI is InChI=1S/C47H92O5/c1-3-5-7-9-11-13-15-17-19-21-23-25-27-29-31-33-35-37-39-41-46(49)51-44-45(43-48)52-47(50)42-40-38-36-34-32-30-28-26-24-22-20-18-16-14-12-10-8-6-4-2/h45,48H,3-44H2,1-2H3. The van der Waals surface area contributed by atoms with Crippen molar-refractivity contribution < 1.29 is 24.2 Å². The third-order valence-electron chi connectivity index (χ3n) is 10.9. The summed E-state index contributed by atoms with van der Waals surface area (Å²) in [6, 6.07) is 0. The van der Waals surface area contributed by atoms with Crippen molar-refractivity contribution in [2.75, 3.05) is 13.2 Å². The van der Waals surface area contributed by atoms with E-state index in [2.05, 4.69) is 13.8 Å². The monoisotopic (exact) mass is 737 g/mol. The first kappa shape index (κ1) is 50.9. The second kappa shape index (κ2) is 44.3. The van der Waals surface area contributed by atoms with Gasteiger partial charge in [-0.1, -0.05) is 245 Å². The van der Waals surface area contributed by atoms with E-state index in [-0.39, 0.29) is 25.2 Å². The van der Waals surface area contributed by atoms with E-state index < -0.39 is 6.10 Å². The van der Waals surface area contributed by atoms with Crippen molar-refractivity contribution in [1.29, 1.82) is 0 Å². The molecule has 0 amide bonds. The summed E-state index contributed by atoms with van der Waals surface area (Å²) in [4.78, 5) is 24.4. The molecule has 0 fully saturated rings. The van der Waals surface area contributed by atoms with E-state index in [0.29, 0.717) is 12.8 Å². The Morgan fingerprint density at radius 1 is 0.365 bits per heavy atom. The van der Waals surface area contributed by atoms with Gasteiger partial charge in [0.05, 0.1) is 6.61 Å². The average molecular weight is 737 g/mol. The van der Waals surface area contributed by atoms with Gasteiger partial charge in [0.1, 0.15) is 6.61 Å². The third kappa shape index (κ3) is 41.7. The van der Waals surface area contributed by atoms with Gasteiger partial charge in [-0.15, -0.1) is 0 Å². The molecule has 0 heterocycles. The topological polar surface area (TPSA) is 72.8 Å². The van der Waals surface area contributed by atoms with Crippen molar-refractivity contribution in [3.63, 3.8) is 0 Å². The number of rotatable bonds is 44. The average Bonchev–Trinajstić information content (AvgIpc) is 3.15. The van der Waals surface area contributed by atoms with Gasteiger partial charge >= 0.3 is 11.9 Å². The summed E-state index contributed by atoms with van der Waals surface area (Å²) in [6.45, 7) is 4.19. The number of hydrogen-bond acceptors (Lipinski definition) is 5. The van der Waals surface area contributed by atoms with Gasteiger partial charge in [0.25, 0.3) is 0 Å². The number of ether oxygens (including phenoxy) is 2. The zero-order valence-electron chi connectivity index (χ0n) is 35.4. The van der Waals surface area contributed by atoms with Gasteiger partial charge in [0.2, 0.25) is 0 Å². The van der Waals surface area contributed by atoms with Crippen LogP contribution in [0.1, 0.15) is 271 Å². The van der Waals surface area contributed by atoms with Gasteiger partial charge in [-0.3, -0.25) is 9.59 Å². The number of aliphatic hydroxyl groups excluding tert-OH is 1. The molecule has 0 saturated carbocycles. The molecule has 0 aromatic carbocycles. The summed E-state index contributed by atoms with van der Waals surface area (Å²) in [5.74, 6) is -0.568. The summed E-state index contributed by atoms with van der Waals surface area (Å²) < 4.78 is 10.7. The van der Waals surface area contributed by atoms with Gasteiger partial charge in [-0.05, 0) is 12.8 Å². The lowest BCUT2D eigenvalue weighted by Gasteiger charge is -2.15. The highest BCUT2D eigenvalue weighted by molar-refractivity contribution is 5.70. The molecular weight excluding hydrogens is 645 g/mol. The number of esters is 2. The van der Waals surface area contributed by atoms with E-state index in [1.807, 2.05) is 0 Å². The Labute approximate surface area is 325 Å². The van der Waals surface area contributed by atoms with Gasteiger partial charge in [0, 0.05) is 12.8 Å². The van der Waals surface area contributed by atoms with Gasteiger partial charge in [-0.25, -0.2) is 0 Å². The fraction of sp³-hybridized carbons (Fsp3) is 0.957. The van der Waals surface area contributed by atoms with Crippen molar-refractivity contribution in [3.8, 4) is 0 Å². The fourth-order valence-corrected chi connectivity index (χ4v) is 7.32. The normalized spacial score (nSPS) is 12.0. The van der Waals surface area contributed by atoms with Crippen LogP contribution in [0.2, 0.25) is 0 Å². The third-order valence-corrected chi connectivity index (χ3v) is 10.9. The maximum atomic E-state index is 12.2. The molecule has 0 aliphatic rings. The van der Waals surface area contributed by atoms with E-state index >= 15 is 0 Å². The van der Waals surface area contributed by atoms with Gasteiger partial charge in [0.15, 0.2) is 6.10 Å². The van der Waals surface area contributed by atoms with E-state index in [9.17, 15) is 14.7 Å². The minimum Gasteiger partial charge on any atom is -0.462 e. The van der Waals surface area contributed by atoms with Gasteiger partial charge < -0.3 is 14.6 Å². The molecule has 310 valence electrons. The molecule has 52 heavy (non-hydrogen) atoms. The molecular formula is C47H92O5. The zero-order chi connectivity index (χ0) is 37.8. The van der Waals surface area contributed by atoms with Crippen molar-refractivity contribution in [3.05, 3.63) is 0 Å². The van der Waals surface area contributed by atoms with Crippen molar-refractivity contribution >= 4 is 11.9 Å². The van der Waals surface area contributed by atoms with Gasteiger partial charge in [-0.2, -0.15) is 0 Å². The summed E-state index contributed by atoms with van der Waals surface area (Å²) in [5, 5.41) is 9.60. The predicted molar refractivity (Wildman–Crippen MR) is 224 cm³/mol. The number of aliphatic hydroxyl groups is 1. The SMILES string of the molecule is CCCCCCCCCCCCCCCCCCCCCC(=O)OCC(CO)OC(=O)CCCCCCCCCCCCCCCCCCCCC. The van der Waals surface area contributed by atoms with Crippen LogP contribution in [0.3, 0.4) is 0 Å². The molecule has 0 rings (SSSR count). The maximum Gasteiger partial charge on any atom is 0.306 e. The molecule has 1 N–H and O–H groups in total. The summed E-state index contributed by atoms with van der Waals surface area (Å²) >= 11 is 0. The molecule has 5 nitrogen and oxygen atoms in total. The number of unbranched alkanes of at least 4 members (excludes halogenated alkanes) is 36. The maximum absolute atomic E-state index is 12.2. The Bertz CT molecular complexity index is 710. The number of carbonyl (C=O) groups is 2. The van der Waals surface area contributed by atoms with Crippen molar-refractivity contribution in [2.24, 2.45) is 0 Å². The van der Waals surface area contributed by atoms with Crippen LogP contribution in [0.4, 0.5) is 0 Å². The highest BCUT2D eigenvalue weighted by Crippen LogP contribution is 2.17. The largest absolute Gasteiger partial charge is 0.462 e. The Balaban J connectivity index is 3.44. The molecule has 1 atom stereocenters. The van der Waals surface area contributed by atoms with E-state index in [4.69, 9.17) is 9.47 Å². The zero-order valence-corrected chi connectivity index (χ0v) is 35.4. The second-order valence-electron chi connectivity index (χ2n) is 16.2. The lowest BCUT2D eigenvalue weighted by atomic mass is 10.0. The molecule has 0 radical (unpaired) electrons. The molecule has 0 aliphatic carbocycles. The quantitative estimate of drug-likeness (QED) is 0.0498. The van der Waals surface area contributed by atoms with Crippen LogP contribution in [0.5, 0.6) is 0 Å². The summed E-state index contributed by atoms with van der Waals surface area (Å²) in [7, 11) is 0. The summed E-state index contributed by atoms with van der Waals surface area (Å²) in [6.07, 6.45) is 50.4. The Hall–Kier alpha value is -1.10. The summed E-state index contributed by atoms with van der Waals surface area (Å²) in [5.41, 5.74) is 0. The molecule has 0 bridgehead atoms. The van der Waals surface area contributed by atoms with Crippen LogP contribution >= 0.6 is 0 Å². The smallest absolute Gasteiger partial charge is 0.306 e. The Kier molecular flexibility index (Phi) is 43.4. The number of hydrogen-bond donors (Lipinski definition) is 1. The molecule has 0 saturated heterocycles. The highest BCUT2D eigenvalue weighted by atomic mass is 16.6. The molecule has 5 heteroatoms. The first-order valence-electron chi connectivity index (χ1n) is 23.6. The lowest BCUT2D eigenvalue weighted by Crippen LogP contribution is -2.28. The van der Waals surface area contributed by atoms with Crippen LogP contribution in [0.25, 0.3) is 0 Å². The van der Waals surface area contributed by atoms with Crippen molar-refractivity contribution in [2.45, 2.75) is 277 Å². The lowest BCUT2D eigenvalue weighted by molar-refractivity contribution is -0.161. The number of carbonyl (C=O) groups excluding carboxylic acids is 2. The van der Waals surface area contributed by atoms with E-state index in [1.165, 1.54) is 212 Å². The minimum absolute atomic E-state index is 0.0562. The van der Waals surface area contributed by atoms with Crippen LogP contribution in [-0.2, 0) is 19.1 Å². The molecule has 0 aromatic heterocycles. The van der Waals surface area contributed by atoms with Crippen LogP contribution in [0, 0.1) is 0 Å². The van der Waals surface area contributed by atoms with E-state index in [1.54, 1.807) is 0 Å². The first-order chi connectivity index (χ1) is 25.6. The van der Waals surface area contributed by atoms with Crippen LogP contribution < -0.4 is 0 Å². The van der Waals surface area contributed by atoms with Crippen molar-refractivity contribution in [1.82, 2.24) is 0 Å². The van der Waals surface area contributed by atoms with Crippen LogP contribution in [-0.4, -0.2) is 36.4 Å². The highest BCUT2D eigenvalue weighted by Gasteiger charge is 2.16. The predicted octanol–water partition coefficient (Wildman–Crippen LogP) is 15.1. The fourth-order valence-electron chi connectivity index (χ4n) is 7.32. The Morgan fingerprint density at radius 3 is 0.846 bits per heavy atom.